The SMILES string of the molecule is Nn1c(SCCC(=O)Nc2ccc3c(c2)OCCO3)nnc1-c1cccc(Br)c1. The Labute approximate surface area is 179 Å². The summed E-state index contributed by atoms with van der Waals surface area (Å²) in [5.41, 5.74) is 1.53. The smallest absolute Gasteiger partial charge is 0.225 e. The summed E-state index contributed by atoms with van der Waals surface area (Å²) in [6.45, 7) is 1.04. The molecule has 0 radical (unpaired) electrons. The third-order valence-electron chi connectivity index (χ3n) is 4.13. The second kappa shape index (κ2) is 8.75. The first kappa shape index (κ1) is 19.6. The first-order chi connectivity index (χ1) is 14.1. The van der Waals surface area contributed by atoms with Crippen LogP contribution in [0.3, 0.4) is 0 Å². The Morgan fingerprint density at radius 3 is 2.83 bits per heavy atom. The van der Waals surface area contributed by atoms with Gasteiger partial charge in [0, 0.05) is 34.0 Å². The Hall–Kier alpha value is -2.72. The number of carbonyl (C=O) groups excluding carboxylic acids is 1. The van der Waals surface area contributed by atoms with Crippen molar-refractivity contribution in [1.82, 2.24) is 14.9 Å². The van der Waals surface area contributed by atoms with E-state index in [4.69, 9.17) is 15.3 Å². The number of thioether (sulfide) groups is 1. The summed E-state index contributed by atoms with van der Waals surface area (Å²) < 4.78 is 13.4. The number of aromatic nitrogens is 3. The number of nitrogen functional groups attached to an aromatic ring is 1. The number of amides is 1. The number of halogens is 1. The van der Waals surface area contributed by atoms with E-state index in [2.05, 4.69) is 31.4 Å². The van der Waals surface area contributed by atoms with Gasteiger partial charge >= 0.3 is 0 Å². The Kier molecular flexibility index (Phi) is 5.91. The molecule has 8 nitrogen and oxygen atoms in total. The predicted molar refractivity (Wildman–Crippen MR) is 115 cm³/mol. The Balaban J connectivity index is 1.32. The van der Waals surface area contributed by atoms with Crippen LogP contribution in [-0.4, -0.2) is 39.7 Å². The molecule has 0 atom stereocenters. The molecule has 0 aliphatic carbocycles. The van der Waals surface area contributed by atoms with Gasteiger partial charge in [0.05, 0.1) is 0 Å². The molecule has 1 aliphatic heterocycles. The average molecular weight is 476 g/mol. The topological polar surface area (TPSA) is 104 Å². The van der Waals surface area contributed by atoms with Crippen LogP contribution < -0.4 is 20.6 Å². The molecular formula is C19H18BrN5O3S. The lowest BCUT2D eigenvalue weighted by molar-refractivity contribution is -0.115. The molecule has 0 saturated heterocycles. The number of nitrogens with zero attached hydrogens (tertiary/aromatic N) is 3. The molecule has 150 valence electrons. The molecule has 4 rings (SSSR count). The molecule has 2 aromatic carbocycles. The van der Waals surface area contributed by atoms with Crippen LogP contribution in [0.5, 0.6) is 11.5 Å². The number of rotatable bonds is 6. The van der Waals surface area contributed by atoms with Crippen LogP contribution in [0.1, 0.15) is 6.42 Å². The summed E-state index contributed by atoms with van der Waals surface area (Å²) >= 11 is 4.81. The van der Waals surface area contributed by atoms with Gasteiger partial charge in [-0.05, 0) is 24.3 Å². The maximum absolute atomic E-state index is 12.2. The Morgan fingerprint density at radius 1 is 1.17 bits per heavy atom. The van der Waals surface area contributed by atoms with Crippen molar-refractivity contribution in [2.45, 2.75) is 11.6 Å². The maximum Gasteiger partial charge on any atom is 0.225 e. The van der Waals surface area contributed by atoms with E-state index >= 15 is 0 Å². The molecule has 1 aliphatic rings. The van der Waals surface area contributed by atoms with E-state index in [1.54, 1.807) is 18.2 Å². The van der Waals surface area contributed by atoms with Crippen LogP contribution >= 0.6 is 27.7 Å². The van der Waals surface area contributed by atoms with E-state index < -0.39 is 0 Å². The first-order valence-corrected chi connectivity index (χ1v) is 10.7. The summed E-state index contributed by atoms with van der Waals surface area (Å²) in [6.07, 6.45) is 0.304. The van der Waals surface area contributed by atoms with Gasteiger partial charge in [-0.15, -0.1) is 10.2 Å². The van der Waals surface area contributed by atoms with Gasteiger partial charge in [0.2, 0.25) is 11.1 Å². The summed E-state index contributed by atoms with van der Waals surface area (Å²) in [5.74, 6) is 8.42. The van der Waals surface area contributed by atoms with Crippen molar-refractivity contribution in [2.24, 2.45) is 0 Å². The van der Waals surface area contributed by atoms with E-state index in [1.165, 1.54) is 16.4 Å². The highest BCUT2D eigenvalue weighted by Crippen LogP contribution is 2.32. The molecule has 10 heteroatoms. The normalized spacial score (nSPS) is 12.6. The maximum atomic E-state index is 12.2. The van der Waals surface area contributed by atoms with Crippen molar-refractivity contribution in [1.29, 1.82) is 0 Å². The van der Waals surface area contributed by atoms with Crippen LogP contribution in [0.25, 0.3) is 11.4 Å². The van der Waals surface area contributed by atoms with Gasteiger partial charge in [-0.3, -0.25) is 4.79 Å². The molecule has 0 saturated carbocycles. The van der Waals surface area contributed by atoms with Gasteiger partial charge in [-0.2, -0.15) is 0 Å². The quantitative estimate of drug-likeness (QED) is 0.416. The molecule has 3 aromatic rings. The number of carbonyl (C=O) groups is 1. The number of benzene rings is 2. The minimum absolute atomic E-state index is 0.107. The third kappa shape index (κ3) is 4.65. The minimum atomic E-state index is -0.107. The molecule has 0 fully saturated rings. The number of hydrogen-bond acceptors (Lipinski definition) is 7. The fraction of sp³-hybridized carbons (Fsp3) is 0.211. The Morgan fingerprint density at radius 2 is 2.00 bits per heavy atom. The summed E-state index contributed by atoms with van der Waals surface area (Å²) in [5, 5.41) is 11.7. The van der Waals surface area contributed by atoms with Crippen molar-refractivity contribution in [2.75, 3.05) is 30.1 Å². The fourth-order valence-electron chi connectivity index (χ4n) is 2.78. The van der Waals surface area contributed by atoms with Gasteiger partial charge in [0.25, 0.3) is 0 Å². The molecule has 1 aromatic heterocycles. The summed E-state index contributed by atoms with van der Waals surface area (Å²) in [7, 11) is 0. The zero-order valence-electron chi connectivity index (χ0n) is 15.3. The number of anilines is 1. The lowest BCUT2D eigenvalue weighted by Gasteiger charge is -2.19. The molecule has 3 N–H and O–H groups in total. The van der Waals surface area contributed by atoms with Crippen molar-refractivity contribution in [3.05, 3.63) is 46.9 Å². The predicted octanol–water partition coefficient (Wildman–Crippen LogP) is 3.31. The van der Waals surface area contributed by atoms with E-state index in [1.807, 2.05) is 24.3 Å². The summed E-state index contributed by atoms with van der Waals surface area (Å²) in [6, 6.07) is 13.0. The van der Waals surface area contributed by atoms with Crippen molar-refractivity contribution in [3.8, 4) is 22.9 Å². The van der Waals surface area contributed by atoms with E-state index in [9.17, 15) is 4.79 Å². The summed E-state index contributed by atoms with van der Waals surface area (Å²) in [4.78, 5) is 12.2. The van der Waals surface area contributed by atoms with Gasteiger partial charge in [-0.1, -0.05) is 39.8 Å². The van der Waals surface area contributed by atoms with Crippen LogP contribution in [-0.2, 0) is 4.79 Å². The largest absolute Gasteiger partial charge is 0.486 e. The zero-order chi connectivity index (χ0) is 20.2. The highest BCUT2D eigenvalue weighted by atomic mass is 79.9. The van der Waals surface area contributed by atoms with Crippen LogP contribution in [0.2, 0.25) is 0 Å². The standard InChI is InChI=1S/C19H18BrN5O3S/c20-13-3-1-2-12(10-13)18-23-24-19(25(18)21)29-9-6-17(26)22-14-4-5-15-16(11-14)28-8-7-27-15/h1-5,10-11H,6-9,21H2,(H,22,26). The molecule has 0 bridgehead atoms. The average Bonchev–Trinajstić information content (AvgIpc) is 3.08. The van der Waals surface area contributed by atoms with Gasteiger partial charge in [-0.25, -0.2) is 4.68 Å². The molecule has 1 amide bonds. The first-order valence-electron chi connectivity index (χ1n) is 8.89. The number of fused-ring (bicyclic) bond motifs is 1. The van der Waals surface area contributed by atoms with Crippen molar-refractivity contribution in [3.63, 3.8) is 0 Å². The second-order valence-electron chi connectivity index (χ2n) is 6.19. The third-order valence-corrected chi connectivity index (χ3v) is 5.57. The number of hydrogen-bond donors (Lipinski definition) is 2. The van der Waals surface area contributed by atoms with Gasteiger partial charge < -0.3 is 20.6 Å². The van der Waals surface area contributed by atoms with E-state index in [-0.39, 0.29) is 5.91 Å². The molecule has 29 heavy (non-hydrogen) atoms. The lowest BCUT2D eigenvalue weighted by atomic mass is 10.2. The molecule has 2 heterocycles. The van der Waals surface area contributed by atoms with E-state index in [0.29, 0.717) is 53.6 Å². The number of nitrogens with one attached hydrogen (secondary N) is 1. The van der Waals surface area contributed by atoms with Crippen molar-refractivity contribution >= 4 is 39.3 Å². The van der Waals surface area contributed by atoms with Crippen LogP contribution in [0.15, 0.2) is 52.1 Å². The fourth-order valence-corrected chi connectivity index (χ4v) is 3.97. The monoisotopic (exact) mass is 475 g/mol. The number of ether oxygens (including phenoxy) is 2. The lowest BCUT2D eigenvalue weighted by Crippen LogP contribution is -2.16. The van der Waals surface area contributed by atoms with Gasteiger partial charge in [0.15, 0.2) is 17.3 Å². The zero-order valence-corrected chi connectivity index (χ0v) is 17.7. The molecular weight excluding hydrogens is 458 g/mol. The Bertz CT molecular complexity index is 1040. The van der Waals surface area contributed by atoms with Crippen molar-refractivity contribution < 1.29 is 14.3 Å². The minimum Gasteiger partial charge on any atom is -0.486 e. The highest BCUT2D eigenvalue weighted by molar-refractivity contribution is 9.10. The number of nitrogens with two attached hydrogens (primary N) is 1. The van der Waals surface area contributed by atoms with E-state index in [0.717, 1.165) is 10.0 Å². The molecule has 0 spiro atoms. The highest BCUT2D eigenvalue weighted by Gasteiger charge is 2.15. The van der Waals surface area contributed by atoms with Crippen LogP contribution in [0, 0.1) is 0 Å². The molecule has 0 unspecified atom stereocenters. The van der Waals surface area contributed by atoms with Gasteiger partial charge in [0.1, 0.15) is 13.2 Å². The van der Waals surface area contributed by atoms with Crippen LogP contribution in [0.4, 0.5) is 5.69 Å². The second-order valence-corrected chi connectivity index (χ2v) is 8.17.